The molecule has 0 amide bonds. The summed E-state index contributed by atoms with van der Waals surface area (Å²) >= 11 is 5.90. The number of hydrogen-bond donors (Lipinski definition) is 1. The van der Waals surface area contributed by atoms with Crippen LogP contribution in [0.25, 0.3) is 0 Å². The lowest BCUT2D eigenvalue weighted by Crippen LogP contribution is -2.21. The van der Waals surface area contributed by atoms with E-state index in [0.29, 0.717) is 41.6 Å². The van der Waals surface area contributed by atoms with E-state index in [9.17, 15) is 22.0 Å². The molecule has 0 fully saturated rings. The number of aromatic nitrogens is 1. The molecule has 0 saturated carbocycles. The molecule has 0 radical (unpaired) electrons. The van der Waals surface area contributed by atoms with Crippen LogP contribution in [-0.4, -0.2) is 18.2 Å². The Morgan fingerprint density at radius 3 is 2.73 bits per heavy atom. The van der Waals surface area contributed by atoms with Crippen LogP contribution in [0.15, 0.2) is 30.5 Å². The van der Waals surface area contributed by atoms with E-state index < -0.39 is 30.1 Å². The third kappa shape index (κ3) is 4.09. The molecule has 0 aliphatic carbocycles. The van der Waals surface area contributed by atoms with Gasteiger partial charge in [0.2, 0.25) is 0 Å². The Hall–Kier alpha value is -2.29. The molecule has 0 bridgehead atoms. The molecular formula is C16H12ClF5N2O2. The highest BCUT2D eigenvalue weighted by Gasteiger charge is 2.33. The maximum absolute atomic E-state index is 12.8. The van der Waals surface area contributed by atoms with Gasteiger partial charge in [0.1, 0.15) is 5.75 Å². The zero-order valence-electron chi connectivity index (χ0n) is 13.0. The quantitative estimate of drug-likeness (QED) is 0.715. The largest absolute Gasteiger partial charge is 0.493 e. The highest BCUT2D eigenvalue weighted by atomic mass is 35.5. The number of rotatable bonds is 4. The summed E-state index contributed by atoms with van der Waals surface area (Å²) in [5.74, 6) is -0.396. The molecule has 1 atom stereocenters. The summed E-state index contributed by atoms with van der Waals surface area (Å²) in [6.07, 6.45) is -3.72. The van der Waals surface area contributed by atoms with Crippen LogP contribution in [0.1, 0.15) is 23.6 Å². The second-order valence-electron chi connectivity index (χ2n) is 5.46. The molecule has 1 aliphatic rings. The zero-order chi connectivity index (χ0) is 18.9. The van der Waals surface area contributed by atoms with E-state index in [-0.39, 0.29) is 5.82 Å². The lowest BCUT2D eigenvalue weighted by Gasteiger charge is -2.28. The normalized spacial score (nSPS) is 16.8. The molecule has 2 aromatic rings. The van der Waals surface area contributed by atoms with Gasteiger partial charge in [0.15, 0.2) is 11.6 Å². The monoisotopic (exact) mass is 394 g/mol. The number of alkyl halides is 5. The molecule has 26 heavy (non-hydrogen) atoms. The average Bonchev–Trinajstić information content (AvgIpc) is 2.55. The molecule has 1 aromatic carbocycles. The molecule has 4 nitrogen and oxygen atoms in total. The van der Waals surface area contributed by atoms with Crippen LogP contribution >= 0.6 is 11.6 Å². The van der Waals surface area contributed by atoms with E-state index in [1.807, 2.05) is 0 Å². The number of benzene rings is 1. The lowest BCUT2D eigenvalue weighted by atomic mass is 10.0. The molecule has 2 heterocycles. The molecule has 1 unspecified atom stereocenters. The number of nitrogens with zero attached hydrogens (tertiary/aromatic N) is 1. The van der Waals surface area contributed by atoms with E-state index in [4.69, 9.17) is 16.3 Å². The minimum atomic E-state index is -4.73. The van der Waals surface area contributed by atoms with Crippen molar-refractivity contribution < 1.29 is 31.4 Å². The van der Waals surface area contributed by atoms with Gasteiger partial charge >= 0.3 is 12.8 Å². The number of nitrogens with one attached hydrogen (secondary N) is 1. The highest BCUT2D eigenvalue weighted by Crippen LogP contribution is 2.39. The molecule has 0 spiro atoms. The van der Waals surface area contributed by atoms with E-state index in [1.54, 1.807) is 18.2 Å². The predicted molar refractivity (Wildman–Crippen MR) is 83.8 cm³/mol. The van der Waals surface area contributed by atoms with E-state index in [2.05, 4.69) is 15.0 Å². The fourth-order valence-electron chi connectivity index (χ4n) is 2.57. The molecular weight excluding hydrogens is 383 g/mol. The number of halogens is 6. The first-order valence-corrected chi connectivity index (χ1v) is 7.82. The maximum Gasteiger partial charge on any atom is 0.418 e. The predicted octanol–water partition coefficient (Wildman–Crippen LogP) is 5.29. The van der Waals surface area contributed by atoms with Crippen molar-refractivity contribution in [1.82, 2.24) is 4.98 Å². The number of pyridine rings is 1. The lowest BCUT2D eigenvalue weighted by molar-refractivity contribution is -0.138. The number of anilines is 1. The Balaban J connectivity index is 1.93. The molecule has 10 heteroatoms. The van der Waals surface area contributed by atoms with Crippen molar-refractivity contribution in [2.75, 3.05) is 11.9 Å². The van der Waals surface area contributed by atoms with Gasteiger partial charge in [0.05, 0.1) is 18.2 Å². The van der Waals surface area contributed by atoms with Gasteiger partial charge in [-0.3, -0.25) is 0 Å². The summed E-state index contributed by atoms with van der Waals surface area (Å²) in [7, 11) is 0. The smallest absolute Gasteiger partial charge is 0.418 e. The summed E-state index contributed by atoms with van der Waals surface area (Å²) in [4.78, 5) is 3.63. The van der Waals surface area contributed by atoms with Gasteiger partial charge in [-0.15, -0.1) is 0 Å². The van der Waals surface area contributed by atoms with Crippen molar-refractivity contribution in [3.05, 3.63) is 46.6 Å². The summed E-state index contributed by atoms with van der Waals surface area (Å²) in [6, 6.07) is 4.98. The summed E-state index contributed by atoms with van der Waals surface area (Å²) in [5.41, 5.74) is -0.497. The van der Waals surface area contributed by atoms with Crippen LogP contribution in [-0.2, 0) is 6.18 Å². The summed E-state index contributed by atoms with van der Waals surface area (Å²) in [5, 5.41) is 3.31. The Morgan fingerprint density at radius 2 is 2.04 bits per heavy atom. The van der Waals surface area contributed by atoms with Gasteiger partial charge in [-0.25, -0.2) is 4.98 Å². The minimum Gasteiger partial charge on any atom is -0.493 e. The Bertz CT molecular complexity index is 801. The number of hydrogen-bond acceptors (Lipinski definition) is 4. The minimum absolute atomic E-state index is 0.217. The first-order valence-electron chi connectivity index (χ1n) is 7.45. The van der Waals surface area contributed by atoms with E-state index in [1.165, 1.54) is 0 Å². The Kier molecular flexibility index (Phi) is 5.08. The van der Waals surface area contributed by atoms with Crippen molar-refractivity contribution in [1.29, 1.82) is 0 Å². The van der Waals surface area contributed by atoms with Crippen molar-refractivity contribution in [2.45, 2.75) is 25.3 Å². The van der Waals surface area contributed by atoms with E-state index >= 15 is 0 Å². The average molecular weight is 395 g/mol. The molecule has 1 aliphatic heterocycles. The molecule has 0 saturated heterocycles. The first kappa shape index (κ1) is 18.5. The molecule has 3 rings (SSSR count). The Labute approximate surface area is 149 Å². The molecule has 1 N–H and O–H groups in total. The third-order valence-electron chi connectivity index (χ3n) is 3.72. The molecule has 140 valence electrons. The van der Waals surface area contributed by atoms with Gasteiger partial charge < -0.3 is 14.8 Å². The topological polar surface area (TPSA) is 43.4 Å². The van der Waals surface area contributed by atoms with Crippen LogP contribution in [0.2, 0.25) is 5.02 Å². The number of fused-ring (bicyclic) bond motifs is 1. The fourth-order valence-corrected chi connectivity index (χ4v) is 2.73. The van der Waals surface area contributed by atoms with Gasteiger partial charge in [0.25, 0.3) is 0 Å². The highest BCUT2D eigenvalue weighted by molar-refractivity contribution is 6.30. The SMILES string of the molecule is FC(F)Oc1cc(C(F)(F)F)cnc1NC1CCOc2cc(Cl)ccc21. The van der Waals surface area contributed by atoms with Crippen molar-refractivity contribution >= 4 is 17.4 Å². The van der Waals surface area contributed by atoms with Gasteiger partial charge in [0, 0.05) is 23.2 Å². The van der Waals surface area contributed by atoms with Gasteiger partial charge in [-0.05, 0) is 18.2 Å². The van der Waals surface area contributed by atoms with Crippen molar-refractivity contribution in [3.8, 4) is 11.5 Å². The first-order chi connectivity index (χ1) is 12.2. The van der Waals surface area contributed by atoms with Crippen molar-refractivity contribution in [2.24, 2.45) is 0 Å². The van der Waals surface area contributed by atoms with Crippen LogP contribution in [0.3, 0.4) is 0 Å². The Morgan fingerprint density at radius 1 is 1.27 bits per heavy atom. The van der Waals surface area contributed by atoms with Crippen molar-refractivity contribution in [3.63, 3.8) is 0 Å². The van der Waals surface area contributed by atoms with Crippen LogP contribution in [0.4, 0.5) is 27.8 Å². The standard InChI is InChI=1S/C16H12ClF5N2O2/c17-9-1-2-10-11(3-4-25-12(10)6-9)24-14-13(26-15(18)19)5-8(7-23-14)16(20,21)22/h1-2,5-7,11,15H,3-4H2,(H,23,24). The fraction of sp³-hybridized carbons (Fsp3) is 0.312. The van der Waals surface area contributed by atoms with E-state index in [0.717, 1.165) is 0 Å². The zero-order valence-corrected chi connectivity index (χ0v) is 13.7. The second kappa shape index (κ2) is 7.14. The molecule has 1 aromatic heterocycles. The van der Waals surface area contributed by atoms with Gasteiger partial charge in [-0.2, -0.15) is 22.0 Å². The third-order valence-corrected chi connectivity index (χ3v) is 3.96. The number of ether oxygens (including phenoxy) is 2. The van der Waals surface area contributed by atoms with Gasteiger partial charge in [-0.1, -0.05) is 17.7 Å². The summed E-state index contributed by atoms with van der Waals surface area (Å²) < 4.78 is 73.3. The van der Waals surface area contributed by atoms with Crippen LogP contribution in [0.5, 0.6) is 11.5 Å². The van der Waals surface area contributed by atoms with Crippen LogP contribution < -0.4 is 14.8 Å². The summed E-state index contributed by atoms with van der Waals surface area (Å²) in [6.45, 7) is -2.97. The van der Waals surface area contributed by atoms with Crippen LogP contribution in [0, 0.1) is 0 Å². The second-order valence-corrected chi connectivity index (χ2v) is 5.90. The maximum atomic E-state index is 12.8.